The van der Waals surface area contributed by atoms with E-state index in [1.807, 2.05) is 13.0 Å². The highest BCUT2D eigenvalue weighted by atomic mass is 16.5. The second-order valence-electron chi connectivity index (χ2n) is 4.58. The molecule has 4 heteroatoms. The van der Waals surface area contributed by atoms with Gasteiger partial charge in [0.2, 0.25) is 5.88 Å². The molecule has 2 rings (SSSR count). The molecule has 2 atom stereocenters. The van der Waals surface area contributed by atoms with Crippen LogP contribution in [0.15, 0.2) is 12.1 Å². The maximum Gasteiger partial charge on any atom is 0.232 e. The Balaban J connectivity index is 2.12. The van der Waals surface area contributed by atoms with Crippen LogP contribution in [0.5, 0.6) is 5.88 Å². The average molecular weight is 231 g/mol. The van der Waals surface area contributed by atoms with Crippen LogP contribution in [0.4, 0.5) is 0 Å². The van der Waals surface area contributed by atoms with Crippen molar-refractivity contribution >= 4 is 0 Å². The lowest BCUT2D eigenvalue weighted by Gasteiger charge is -2.27. The van der Waals surface area contributed by atoms with Crippen molar-refractivity contribution in [2.24, 2.45) is 5.73 Å². The van der Waals surface area contributed by atoms with Crippen LogP contribution in [0.25, 0.3) is 0 Å². The molecule has 1 saturated carbocycles. The first-order valence-electron chi connectivity index (χ1n) is 5.99. The molecule has 4 nitrogen and oxygen atoms in total. The van der Waals surface area contributed by atoms with Gasteiger partial charge in [0, 0.05) is 11.7 Å². The molecule has 0 aliphatic heterocycles. The van der Waals surface area contributed by atoms with Gasteiger partial charge in [0.15, 0.2) is 0 Å². The number of aromatic nitrogens is 1. The molecule has 17 heavy (non-hydrogen) atoms. The standard InChI is InChI=1S/C13H17N3O/c1-9-5-6-10(8-14)13(16-9)17-12-4-2-3-11(15)7-12/h5-6,11-12H,2-4,7,15H2,1H3. The number of nitrogens with two attached hydrogens (primary N) is 1. The number of aryl methyl sites for hydroxylation is 1. The van der Waals surface area contributed by atoms with Crippen LogP contribution >= 0.6 is 0 Å². The second kappa shape index (κ2) is 5.15. The third-order valence-electron chi connectivity index (χ3n) is 3.06. The zero-order chi connectivity index (χ0) is 12.3. The van der Waals surface area contributed by atoms with Crippen molar-refractivity contribution in [2.75, 3.05) is 0 Å². The summed E-state index contributed by atoms with van der Waals surface area (Å²) in [7, 11) is 0. The molecule has 0 saturated heterocycles. The SMILES string of the molecule is Cc1ccc(C#N)c(OC2CCCC(N)C2)n1. The van der Waals surface area contributed by atoms with E-state index in [0.29, 0.717) is 11.4 Å². The number of pyridine rings is 1. The van der Waals surface area contributed by atoms with Crippen molar-refractivity contribution in [1.82, 2.24) is 4.98 Å². The van der Waals surface area contributed by atoms with Crippen LogP contribution in [-0.4, -0.2) is 17.1 Å². The molecule has 1 fully saturated rings. The highest BCUT2D eigenvalue weighted by molar-refractivity contribution is 5.38. The number of nitrogens with zero attached hydrogens (tertiary/aromatic N) is 2. The van der Waals surface area contributed by atoms with E-state index in [-0.39, 0.29) is 12.1 Å². The molecule has 1 aromatic rings. The Morgan fingerprint density at radius 3 is 3.00 bits per heavy atom. The van der Waals surface area contributed by atoms with Crippen LogP contribution in [0.1, 0.15) is 36.9 Å². The molecular weight excluding hydrogens is 214 g/mol. The quantitative estimate of drug-likeness (QED) is 0.843. The fourth-order valence-electron chi connectivity index (χ4n) is 2.15. The summed E-state index contributed by atoms with van der Waals surface area (Å²) in [5.74, 6) is 0.451. The Kier molecular flexibility index (Phi) is 3.60. The number of rotatable bonds is 2. The van der Waals surface area contributed by atoms with Gasteiger partial charge >= 0.3 is 0 Å². The minimum Gasteiger partial charge on any atom is -0.473 e. The normalized spacial score (nSPS) is 24.1. The van der Waals surface area contributed by atoms with Crippen LogP contribution in [-0.2, 0) is 0 Å². The fraction of sp³-hybridized carbons (Fsp3) is 0.538. The molecule has 0 bridgehead atoms. The zero-order valence-corrected chi connectivity index (χ0v) is 10.0. The maximum absolute atomic E-state index is 9.00. The lowest BCUT2D eigenvalue weighted by atomic mass is 9.93. The molecule has 2 unspecified atom stereocenters. The predicted molar refractivity (Wildman–Crippen MR) is 64.5 cm³/mol. The van der Waals surface area contributed by atoms with E-state index in [4.69, 9.17) is 15.7 Å². The van der Waals surface area contributed by atoms with Gasteiger partial charge in [-0.25, -0.2) is 4.98 Å². The number of nitriles is 1. The molecule has 1 aliphatic rings. The van der Waals surface area contributed by atoms with E-state index in [9.17, 15) is 0 Å². The molecule has 0 radical (unpaired) electrons. The smallest absolute Gasteiger partial charge is 0.232 e. The number of hydrogen-bond acceptors (Lipinski definition) is 4. The monoisotopic (exact) mass is 231 g/mol. The Bertz CT molecular complexity index is 439. The summed E-state index contributed by atoms with van der Waals surface area (Å²) in [4.78, 5) is 4.28. The third-order valence-corrected chi connectivity index (χ3v) is 3.06. The highest BCUT2D eigenvalue weighted by Crippen LogP contribution is 2.24. The maximum atomic E-state index is 9.00. The molecule has 0 aromatic carbocycles. The molecule has 1 heterocycles. The van der Waals surface area contributed by atoms with E-state index < -0.39 is 0 Å². The minimum absolute atomic E-state index is 0.0974. The lowest BCUT2D eigenvalue weighted by molar-refractivity contribution is 0.138. The van der Waals surface area contributed by atoms with E-state index in [1.165, 1.54) is 0 Å². The molecule has 1 aromatic heterocycles. The van der Waals surface area contributed by atoms with Gasteiger partial charge in [0.1, 0.15) is 17.7 Å². The van der Waals surface area contributed by atoms with Gasteiger partial charge in [0.05, 0.1) is 0 Å². The summed E-state index contributed by atoms with van der Waals surface area (Å²) in [6, 6.07) is 5.88. The Hall–Kier alpha value is -1.60. The van der Waals surface area contributed by atoms with Crippen molar-refractivity contribution in [1.29, 1.82) is 5.26 Å². The van der Waals surface area contributed by atoms with Crippen LogP contribution in [0.3, 0.4) is 0 Å². The summed E-state index contributed by atoms with van der Waals surface area (Å²) in [5.41, 5.74) is 7.27. The zero-order valence-electron chi connectivity index (χ0n) is 10.0. The van der Waals surface area contributed by atoms with Gasteiger partial charge in [-0.1, -0.05) is 0 Å². The lowest BCUT2D eigenvalue weighted by Crippen LogP contribution is -2.34. The summed E-state index contributed by atoms with van der Waals surface area (Å²) < 4.78 is 5.81. The van der Waals surface area contributed by atoms with Crippen molar-refractivity contribution in [3.8, 4) is 11.9 Å². The summed E-state index contributed by atoms with van der Waals surface area (Å²) in [5, 5.41) is 9.00. The van der Waals surface area contributed by atoms with Gasteiger partial charge < -0.3 is 10.5 Å². The Morgan fingerprint density at radius 1 is 1.47 bits per heavy atom. The first-order chi connectivity index (χ1) is 8.19. The Labute approximate surface area is 101 Å². The first-order valence-corrected chi connectivity index (χ1v) is 5.99. The molecule has 2 N–H and O–H groups in total. The highest BCUT2D eigenvalue weighted by Gasteiger charge is 2.22. The van der Waals surface area contributed by atoms with E-state index in [1.54, 1.807) is 6.07 Å². The molecule has 90 valence electrons. The summed E-state index contributed by atoms with van der Waals surface area (Å²) in [6.07, 6.45) is 4.08. The second-order valence-corrected chi connectivity index (χ2v) is 4.58. The van der Waals surface area contributed by atoms with E-state index in [0.717, 1.165) is 31.4 Å². The molecule has 0 spiro atoms. The predicted octanol–water partition coefficient (Wildman–Crippen LogP) is 1.91. The fourth-order valence-corrected chi connectivity index (χ4v) is 2.15. The van der Waals surface area contributed by atoms with Gasteiger partial charge in [-0.05, 0) is 44.7 Å². The van der Waals surface area contributed by atoms with Crippen LogP contribution in [0.2, 0.25) is 0 Å². The molecule has 1 aliphatic carbocycles. The van der Waals surface area contributed by atoms with E-state index in [2.05, 4.69) is 11.1 Å². The van der Waals surface area contributed by atoms with Crippen molar-refractivity contribution in [2.45, 2.75) is 44.8 Å². The van der Waals surface area contributed by atoms with Crippen molar-refractivity contribution in [3.63, 3.8) is 0 Å². The van der Waals surface area contributed by atoms with Crippen LogP contribution in [0, 0.1) is 18.3 Å². The van der Waals surface area contributed by atoms with Crippen LogP contribution < -0.4 is 10.5 Å². The number of ether oxygens (including phenoxy) is 1. The van der Waals surface area contributed by atoms with Crippen molar-refractivity contribution in [3.05, 3.63) is 23.4 Å². The number of hydrogen-bond donors (Lipinski definition) is 1. The van der Waals surface area contributed by atoms with Gasteiger partial charge in [-0.15, -0.1) is 0 Å². The molecule has 0 amide bonds. The molecular formula is C13H17N3O. The third kappa shape index (κ3) is 2.95. The average Bonchev–Trinajstić information content (AvgIpc) is 2.29. The topological polar surface area (TPSA) is 71.9 Å². The van der Waals surface area contributed by atoms with Gasteiger partial charge in [0.25, 0.3) is 0 Å². The summed E-state index contributed by atoms with van der Waals surface area (Å²) >= 11 is 0. The largest absolute Gasteiger partial charge is 0.473 e. The van der Waals surface area contributed by atoms with Gasteiger partial charge in [-0.3, -0.25) is 0 Å². The van der Waals surface area contributed by atoms with Crippen molar-refractivity contribution < 1.29 is 4.74 Å². The first kappa shape index (κ1) is 11.9. The summed E-state index contributed by atoms with van der Waals surface area (Å²) in [6.45, 7) is 1.89. The minimum atomic E-state index is 0.0974. The van der Waals surface area contributed by atoms with E-state index >= 15 is 0 Å². The Morgan fingerprint density at radius 2 is 2.29 bits per heavy atom. The van der Waals surface area contributed by atoms with Gasteiger partial charge in [-0.2, -0.15) is 5.26 Å².